The van der Waals surface area contributed by atoms with E-state index in [1.807, 2.05) is 36.4 Å². The van der Waals surface area contributed by atoms with Gasteiger partial charge in [0.15, 0.2) is 0 Å². The predicted molar refractivity (Wildman–Crippen MR) is 75.7 cm³/mol. The van der Waals surface area contributed by atoms with Crippen LogP contribution in [0.3, 0.4) is 0 Å². The number of fused-ring (bicyclic) bond motifs is 1. The van der Waals surface area contributed by atoms with E-state index in [9.17, 15) is 4.79 Å². The third-order valence-corrected chi connectivity index (χ3v) is 3.17. The number of rotatable bonds is 5. The molecule has 0 saturated carbocycles. The summed E-state index contributed by atoms with van der Waals surface area (Å²) in [5.41, 5.74) is 0. The Morgan fingerprint density at radius 3 is 2.63 bits per heavy atom. The number of benzene rings is 2. The second kappa shape index (κ2) is 6.43. The van der Waals surface area contributed by atoms with Gasteiger partial charge in [-0.2, -0.15) is 0 Å². The third kappa shape index (κ3) is 3.38. The molecule has 100 valence electrons. The zero-order valence-electron chi connectivity index (χ0n) is 10.7. The van der Waals surface area contributed by atoms with Gasteiger partial charge in [-0.15, -0.1) is 0 Å². The van der Waals surface area contributed by atoms with Crippen molar-refractivity contribution in [3.05, 3.63) is 41.4 Å². The highest BCUT2D eigenvalue weighted by atomic mass is 35.5. The van der Waals surface area contributed by atoms with Crippen LogP contribution in [-0.2, 0) is 9.53 Å². The first-order valence-electron chi connectivity index (χ1n) is 6.09. The number of carbonyl (C=O) groups excluding carboxylic acids is 1. The van der Waals surface area contributed by atoms with Crippen molar-refractivity contribution < 1.29 is 14.3 Å². The summed E-state index contributed by atoms with van der Waals surface area (Å²) in [6.45, 7) is 0.473. The van der Waals surface area contributed by atoms with Gasteiger partial charge >= 0.3 is 5.97 Å². The summed E-state index contributed by atoms with van der Waals surface area (Å²) in [7, 11) is 1.38. The molecule has 2 aromatic carbocycles. The smallest absolute Gasteiger partial charge is 0.305 e. The highest BCUT2D eigenvalue weighted by molar-refractivity contribution is 6.35. The van der Waals surface area contributed by atoms with Crippen LogP contribution >= 0.6 is 11.6 Å². The van der Waals surface area contributed by atoms with Crippen LogP contribution in [0.15, 0.2) is 36.4 Å². The molecule has 0 unspecified atom stereocenters. The largest absolute Gasteiger partial charge is 0.493 e. The second-order valence-corrected chi connectivity index (χ2v) is 4.53. The summed E-state index contributed by atoms with van der Waals surface area (Å²) in [5, 5.41) is 2.65. The molecule has 2 aromatic rings. The van der Waals surface area contributed by atoms with E-state index in [0.717, 1.165) is 16.5 Å². The van der Waals surface area contributed by atoms with E-state index in [-0.39, 0.29) is 5.97 Å². The minimum absolute atomic E-state index is 0.218. The molecule has 0 atom stereocenters. The third-order valence-electron chi connectivity index (χ3n) is 2.84. The summed E-state index contributed by atoms with van der Waals surface area (Å²) in [6, 6.07) is 11.5. The highest BCUT2D eigenvalue weighted by Crippen LogP contribution is 2.31. The molecular weight excluding hydrogens is 264 g/mol. The first-order chi connectivity index (χ1) is 9.22. The zero-order valence-corrected chi connectivity index (χ0v) is 11.4. The number of ether oxygens (including phenoxy) is 2. The minimum Gasteiger partial charge on any atom is -0.493 e. The van der Waals surface area contributed by atoms with E-state index < -0.39 is 0 Å². The van der Waals surface area contributed by atoms with E-state index in [0.29, 0.717) is 24.5 Å². The Hall–Kier alpha value is -1.74. The lowest BCUT2D eigenvalue weighted by Gasteiger charge is -2.10. The standard InChI is InChI=1S/C15H15ClO3/c1-18-15(17)7-4-10-19-14-9-8-13(16)11-5-2-3-6-12(11)14/h2-3,5-6,8-9H,4,7,10H2,1H3. The SMILES string of the molecule is COC(=O)CCCOc1ccc(Cl)c2ccccc12. The van der Waals surface area contributed by atoms with Gasteiger partial charge in [0.05, 0.1) is 13.7 Å². The molecule has 0 bridgehead atoms. The quantitative estimate of drug-likeness (QED) is 0.616. The van der Waals surface area contributed by atoms with Gasteiger partial charge < -0.3 is 9.47 Å². The molecule has 0 amide bonds. The van der Waals surface area contributed by atoms with Crippen molar-refractivity contribution >= 4 is 28.3 Å². The van der Waals surface area contributed by atoms with Gasteiger partial charge in [-0.25, -0.2) is 0 Å². The van der Waals surface area contributed by atoms with Crippen molar-refractivity contribution in [3.8, 4) is 5.75 Å². The first-order valence-corrected chi connectivity index (χ1v) is 6.47. The van der Waals surface area contributed by atoms with E-state index in [2.05, 4.69) is 4.74 Å². The molecule has 0 fully saturated rings. The molecule has 0 aliphatic carbocycles. The summed E-state index contributed by atoms with van der Waals surface area (Å²) >= 11 is 6.13. The summed E-state index contributed by atoms with van der Waals surface area (Å²) in [4.78, 5) is 11.0. The molecule has 0 aliphatic heterocycles. The van der Waals surface area contributed by atoms with Crippen molar-refractivity contribution in [1.82, 2.24) is 0 Å². The Kier molecular flexibility index (Phi) is 4.63. The normalized spacial score (nSPS) is 10.4. The molecule has 0 aromatic heterocycles. The van der Waals surface area contributed by atoms with Crippen LogP contribution in [0, 0.1) is 0 Å². The van der Waals surface area contributed by atoms with Crippen LogP contribution in [0.2, 0.25) is 5.02 Å². The average Bonchev–Trinajstić information content (AvgIpc) is 2.45. The molecule has 0 heterocycles. The van der Waals surface area contributed by atoms with Gasteiger partial charge in [-0.3, -0.25) is 4.79 Å². The van der Waals surface area contributed by atoms with Crippen LogP contribution in [0.4, 0.5) is 0 Å². The Balaban J connectivity index is 2.05. The number of methoxy groups -OCH3 is 1. The van der Waals surface area contributed by atoms with Gasteiger partial charge in [-0.1, -0.05) is 35.9 Å². The maximum absolute atomic E-state index is 11.0. The van der Waals surface area contributed by atoms with Crippen LogP contribution in [0.1, 0.15) is 12.8 Å². The van der Waals surface area contributed by atoms with Crippen molar-refractivity contribution in [2.24, 2.45) is 0 Å². The van der Waals surface area contributed by atoms with Crippen LogP contribution < -0.4 is 4.74 Å². The van der Waals surface area contributed by atoms with E-state index in [1.54, 1.807) is 0 Å². The lowest BCUT2D eigenvalue weighted by Crippen LogP contribution is -2.04. The molecular formula is C15H15ClO3. The summed E-state index contributed by atoms with van der Waals surface area (Å²) in [6.07, 6.45) is 0.992. The molecule has 0 saturated heterocycles. The fourth-order valence-corrected chi connectivity index (χ4v) is 2.09. The minimum atomic E-state index is -0.218. The van der Waals surface area contributed by atoms with Crippen molar-refractivity contribution in [3.63, 3.8) is 0 Å². The highest BCUT2D eigenvalue weighted by Gasteiger charge is 2.06. The van der Waals surface area contributed by atoms with Crippen molar-refractivity contribution in [2.75, 3.05) is 13.7 Å². The predicted octanol–water partition coefficient (Wildman–Crippen LogP) is 3.83. The molecule has 0 radical (unpaired) electrons. The Morgan fingerprint density at radius 2 is 1.89 bits per heavy atom. The van der Waals surface area contributed by atoms with Crippen molar-refractivity contribution in [1.29, 1.82) is 0 Å². The van der Waals surface area contributed by atoms with Gasteiger partial charge in [-0.05, 0) is 18.6 Å². The van der Waals surface area contributed by atoms with Gasteiger partial charge in [0.2, 0.25) is 0 Å². The van der Waals surface area contributed by atoms with Gasteiger partial charge in [0.25, 0.3) is 0 Å². The van der Waals surface area contributed by atoms with E-state index in [1.165, 1.54) is 7.11 Å². The fourth-order valence-electron chi connectivity index (χ4n) is 1.86. The summed E-state index contributed by atoms with van der Waals surface area (Å²) < 4.78 is 10.3. The number of carbonyl (C=O) groups is 1. The summed E-state index contributed by atoms with van der Waals surface area (Å²) in [5.74, 6) is 0.564. The number of hydrogen-bond acceptors (Lipinski definition) is 3. The molecule has 2 rings (SSSR count). The van der Waals surface area contributed by atoms with Crippen LogP contribution in [0.25, 0.3) is 10.8 Å². The van der Waals surface area contributed by atoms with E-state index >= 15 is 0 Å². The molecule has 0 aliphatic rings. The Morgan fingerprint density at radius 1 is 1.16 bits per heavy atom. The molecule has 4 heteroatoms. The maximum atomic E-state index is 11.0. The molecule has 19 heavy (non-hydrogen) atoms. The fraction of sp³-hybridized carbons (Fsp3) is 0.267. The maximum Gasteiger partial charge on any atom is 0.305 e. The number of esters is 1. The topological polar surface area (TPSA) is 35.5 Å². The van der Waals surface area contributed by atoms with Crippen molar-refractivity contribution in [2.45, 2.75) is 12.8 Å². The van der Waals surface area contributed by atoms with Crippen LogP contribution in [0.5, 0.6) is 5.75 Å². The van der Waals surface area contributed by atoms with E-state index in [4.69, 9.17) is 16.3 Å². The molecule has 0 N–H and O–H groups in total. The number of hydrogen-bond donors (Lipinski definition) is 0. The molecule has 0 spiro atoms. The van der Waals surface area contributed by atoms with Crippen LogP contribution in [-0.4, -0.2) is 19.7 Å². The zero-order chi connectivity index (χ0) is 13.7. The average molecular weight is 279 g/mol. The first kappa shape index (κ1) is 13.7. The molecule has 3 nitrogen and oxygen atoms in total. The monoisotopic (exact) mass is 278 g/mol. The lowest BCUT2D eigenvalue weighted by atomic mass is 10.1. The second-order valence-electron chi connectivity index (χ2n) is 4.12. The van der Waals surface area contributed by atoms with Gasteiger partial charge in [0, 0.05) is 22.2 Å². The number of halogens is 1. The van der Waals surface area contributed by atoms with Gasteiger partial charge in [0.1, 0.15) is 5.75 Å². The Bertz CT molecular complexity index is 581. The lowest BCUT2D eigenvalue weighted by molar-refractivity contribution is -0.140. The Labute approximate surface area is 117 Å².